The lowest BCUT2D eigenvalue weighted by Gasteiger charge is -2.01. The molecule has 0 saturated carbocycles. The fraction of sp³-hybridized carbons (Fsp3) is 0.0667. The first-order valence-electron chi connectivity index (χ1n) is 5.61. The Morgan fingerprint density at radius 1 is 0.944 bits per heavy atom. The second-order valence-electron chi connectivity index (χ2n) is 4.44. The number of fused-ring (bicyclic) bond motifs is 3. The van der Waals surface area contributed by atoms with Gasteiger partial charge in [0, 0.05) is 11.1 Å². The highest BCUT2D eigenvalue weighted by Gasteiger charge is 2.27. The predicted molar refractivity (Wildman–Crippen MR) is 67.0 cm³/mol. The largest absolute Gasteiger partial charge is 0.478 e. The summed E-state index contributed by atoms with van der Waals surface area (Å²) >= 11 is 0. The van der Waals surface area contributed by atoms with E-state index in [9.17, 15) is 9.59 Å². The molecule has 2 aromatic carbocycles. The Morgan fingerprint density at radius 2 is 1.56 bits per heavy atom. The van der Waals surface area contributed by atoms with Gasteiger partial charge in [-0.25, -0.2) is 4.79 Å². The van der Waals surface area contributed by atoms with Crippen LogP contribution in [0.5, 0.6) is 0 Å². The summed E-state index contributed by atoms with van der Waals surface area (Å²) in [5.74, 6) is -1.11. The molecule has 0 atom stereocenters. The van der Waals surface area contributed by atoms with Gasteiger partial charge in [-0.3, -0.25) is 4.79 Å². The minimum atomic E-state index is -1.02. The second-order valence-corrected chi connectivity index (χ2v) is 4.44. The number of hydrogen-bond donors (Lipinski definition) is 1. The van der Waals surface area contributed by atoms with Gasteiger partial charge in [-0.15, -0.1) is 0 Å². The van der Waals surface area contributed by atoms with Gasteiger partial charge < -0.3 is 5.11 Å². The van der Waals surface area contributed by atoms with Crippen LogP contribution in [0.4, 0.5) is 0 Å². The van der Waals surface area contributed by atoms with Gasteiger partial charge in [0.1, 0.15) is 0 Å². The van der Waals surface area contributed by atoms with Gasteiger partial charge in [-0.2, -0.15) is 0 Å². The molecule has 0 aliphatic heterocycles. The van der Waals surface area contributed by atoms with Gasteiger partial charge in [0.25, 0.3) is 0 Å². The predicted octanol–water partition coefficient (Wildman–Crippen LogP) is 2.90. The SMILES string of the molecule is Cc1ccc2c(c1)C(=O)c1cc(C(=O)O)ccc1-2. The van der Waals surface area contributed by atoms with Crippen molar-refractivity contribution < 1.29 is 14.7 Å². The summed E-state index contributed by atoms with van der Waals surface area (Å²) in [6, 6.07) is 10.4. The fourth-order valence-corrected chi connectivity index (χ4v) is 2.33. The molecule has 18 heavy (non-hydrogen) atoms. The van der Waals surface area contributed by atoms with Gasteiger partial charge in [0.05, 0.1) is 5.56 Å². The Labute approximate surface area is 104 Å². The van der Waals surface area contributed by atoms with Crippen molar-refractivity contribution in [2.75, 3.05) is 0 Å². The first-order chi connectivity index (χ1) is 8.58. The van der Waals surface area contributed by atoms with Crippen LogP contribution in [-0.2, 0) is 0 Å². The van der Waals surface area contributed by atoms with Gasteiger partial charge >= 0.3 is 5.97 Å². The molecule has 1 aliphatic carbocycles. The first kappa shape index (κ1) is 10.7. The zero-order valence-corrected chi connectivity index (χ0v) is 9.73. The van der Waals surface area contributed by atoms with Crippen molar-refractivity contribution in [1.82, 2.24) is 0 Å². The van der Waals surface area contributed by atoms with Crippen molar-refractivity contribution in [2.45, 2.75) is 6.92 Å². The highest BCUT2D eigenvalue weighted by molar-refractivity contribution is 6.22. The average Bonchev–Trinajstić information content (AvgIpc) is 2.62. The van der Waals surface area contributed by atoms with Crippen LogP contribution in [0.3, 0.4) is 0 Å². The summed E-state index contributed by atoms with van der Waals surface area (Å²) < 4.78 is 0. The molecule has 0 bridgehead atoms. The number of benzene rings is 2. The normalized spacial score (nSPS) is 12.2. The highest BCUT2D eigenvalue weighted by Crippen LogP contribution is 2.37. The van der Waals surface area contributed by atoms with Crippen LogP contribution in [0.15, 0.2) is 36.4 Å². The van der Waals surface area contributed by atoms with E-state index in [2.05, 4.69) is 0 Å². The second kappa shape index (κ2) is 3.53. The lowest BCUT2D eigenvalue weighted by molar-refractivity contribution is 0.0697. The molecule has 0 saturated heterocycles. The molecule has 3 nitrogen and oxygen atoms in total. The molecule has 2 aromatic rings. The average molecular weight is 238 g/mol. The molecular formula is C15H10O3. The summed E-state index contributed by atoms with van der Waals surface area (Å²) in [5.41, 5.74) is 4.01. The third-order valence-electron chi connectivity index (χ3n) is 3.22. The van der Waals surface area contributed by atoms with Gasteiger partial charge in [0.2, 0.25) is 0 Å². The number of ketones is 1. The Hall–Kier alpha value is -2.42. The summed E-state index contributed by atoms with van der Waals surface area (Å²) in [4.78, 5) is 23.1. The molecule has 1 aliphatic rings. The summed E-state index contributed by atoms with van der Waals surface area (Å²) in [6.45, 7) is 1.93. The number of carboxylic acids is 1. The summed E-state index contributed by atoms with van der Waals surface area (Å²) in [5, 5.41) is 8.95. The van der Waals surface area contributed by atoms with E-state index in [1.54, 1.807) is 6.07 Å². The van der Waals surface area contributed by atoms with E-state index in [1.807, 2.05) is 25.1 Å². The third kappa shape index (κ3) is 1.37. The van der Waals surface area contributed by atoms with E-state index in [0.29, 0.717) is 11.1 Å². The van der Waals surface area contributed by atoms with Crippen LogP contribution in [0.2, 0.25) is 0 Å². The highest BCUT2D eigenvalue weighted by atomic mass is 16.4. The molecule has 0 fully saturated rings. The number of rotatable bonds is 1. The Kier molecular flexibility index (Phi) is 2.10. The van der Waals surface area contributed by atoms with Crippen molar-refractivity contribution in [1.29, 1.82) is 0 Å². The summed E-state index contributed by atoms with van der Waals surface area (Å²) in [7, 11) is 0. The lowest BCUT2D eigenvalue weighted by atomic mass is 10.0. The molecule has 1 N–H and O–H groups in total. The van der Waals surface area contributed by atoms with Crippen molar-refractivity contribution in [3.8, 4) is 11.1 Å². The molecule has 0 spiro atoms. The van der Waals surface area contributed by atoms with Crippen LogP contribution in [0.1, 0.15) is 31.8 Å². The number of aromatic carboxylic acids is 1. The number of hydrogen-bond acceptors (Lipinski definition) is 2. The summed E-state index contributed by atoms with van der Waals surface area (Å²) in [6.07, 6.45) is 0. The number of carbonyl (C=O) groups is 2. The molecule has 3 rings (SSSR count). The van der Waals surface area contributed by atoms with Crippen molar-refractivity contribution in [2.24, 2.45) is 0 Å². The molecule has 3 heteroatoms. The van der Waals surface area contributed by atoms with E-state index in [0.717, 1.165) is 16.7 Å². The van der Waals surface area contributed by atoms with E-state index in [-0.39, 0.29) is 11.3 Å². The van der Waals surface area contributed by atoms with Gasteiger partial charge in [-0.1, -0.05) is 23.8 Å². The molecule has 0 aromatic heterocycles. The topological polar surface area (TPSA) is 54.4 Å². The van der Waals surface area contributed by atoms with Gasteiger partial charge in [-0.05, 0) is 36.2 Å². The smallest absolute Gasteiger partial charge is 0.335 e. The van der Waals surface area contributed by atoms with Crippen LogP contribution in [0, 0.1) is 6.92 Å². The van der Waals surface area contributed by atoms with E-state index >= 15 is 0 Å². The maximum absolute atomic E-state index is 12.2. The first-order valence-corrected chi connectivity index (χ1v) is 5.61. The van der Waals surface area contributed by atoms with E-state index in [4.69, 9.17) is 5.11 Å². The Morgan fingerprint density at radius 3 is 2.22 bits per heavy atom. The van der Waals surface area contributed by atoms with E-state index < -0.39 is 5.97 Å². The minimum Gasteiger partial charge on any atom is -0.478 e. The number of carboxylic acid groups (broad SMARTS) is 1. The Bertz CT molecular complexity index is 699. The number of aryl methyl sites for hydroxylation is 1. The molecule has 0 amide bonds. The maximum Gasteiger partial charge on any atom is 0.335 e. The quantitative estimate of drug-likeness (QED) is 0.709. The lowest BCUT2D eigenvalue weighted by Crippen LogP contribution is -2.00. The number of carbonyl (C=O) groups excluding carboxylic acids is 1. The Balaban J connectivity index is 2.26. The monoisotopic (exact) mass is 238 g/mol. The third-order valence-corrected chi connectivity index (χ3v) is 3.22. The molecular weight excluding hydrogens is 228 g/mol. The molecule has 0 radical (unpaired) electrons. The molecule has 0 unspecified atom stereocenters. The zero-order chi connectivity index (χ0) is 12.9. The van der Waals surface area contributed by atoms with Crippen molar-refractivity contribution in [3.05, 3.63) is 58.7 Å². The van der Waals surface area contributed by atoms with Crippen LogP contribution >= 0.6 is 0 Å². The van der Waals surface area contributed by atoms with Crippen LogP contribution in [0.25, 0.3) is 11.1 Å². The maximum atomic E-state index is 12.2. The van der Waals surface area contributed by atoms with Crippen molar-refractivity contribution >= 4 is 11.8 Å². The van der Waals surface area contributed by atoms with E-state index in [1.165, 1.54) is 12.1 Å². The fourth-order valence-electron chi connectivity index (χ4n) is 2.33. The van der Waals surface area contributed by atoms with Crippen LogP contribution < -0.4 is 0 Å². The zero-order valence-electron chi connectivity index (χ0n) is 9.73. The molecule has 0 heterocycles. The standard InChI is InChI=1S/C15H10O3/c1-8-2-4-10-11-5-3-9(15(17)18)7-13(11)14(16)12(10)6-8/h2-7H,1H3,(H,17,18). The van der Waals surface area contributed by atoms with Crippen LogP contribution in [-0.4, -0.2) is 16.9 Å². The molecule has 88 valence electrons. The van der Waals surface area contributed by atoms with Gasteiger partial charge in [0.15, 0.2) is 5.78 Å². The van der Waals surface area contributed by atoms with Crippen molar-refractivity contribution in [3.63, 3.8) is 0 Å². The minimum absolute atomic E-state index is 0.0909.